The molecule has 5 nitrogen and oxygen atoms in total. The van der Waals surface area contributed by atoms with Crippen LogP contribution in [-0.4, -0.2) is 16.1 Å². The molecular formula is C21H16ClF3N2O3S. The summed E-state index contributed by atoms with van der Waals surface area (Å²) in [6.07, 6.45) is -2.81. The fourth-order valence-corrected chi connectivity index (χ4v) is 3.74. The summed E-state index contributed by atoms with van der Waals surface area (Å²) in [5.74, 6) is -0.396. The third kappa shape index (κ3) is 5.83. The number of halogens is 4. The Morgan fingerprint density at radius 1 is 1.16 bits per heavy atom. The molecule has 10 heteroatoms. The van der Waals surface area contributed by atoms with Crippen LogP contribution >= 0.6 is 23.8 Å². The third-order valence-corrected chi connectivity index (χ3v) is 5.38. The molecule has 0 amide bonds. The van der Waals surface area contributed by atoms with Gasteiger partial charge < -0.3 is 9.40 Å². The monoisotopic (exact) mass is 468 g/mol. The molecule has 0 radical (unpaired) electrons. The number of nitrogens with zero attached hydrogens (tertiary/aromatic N) is 2. The topological polar surface area (TPSA) is 62.7 Å². The predicted octanol–water partition coefficient (Wildman–Crippen LogP) is 6.35. The number of anilines is 1. The lowest BCUT2D eigenvalue weighted by molar-refractivity contribution is -0.137. The summed E-state index contributed by atoms with van der Waals surface area (Å²) in [6, 6.07) is 12.7. The molecule has 162 valence electrons. The summed E-state index contributed by atoms with van der Waals surface area (Å²) >= 11 is 6.83. The van der Waals surface area contributed by atoms with Crippen molar-refractivity contribution in [2.75, 3.05) is 4.31 Å². The molecule has 0 spiro atoms. The fourth-order valence-electron chi connectivity index (χ4n) is 2.68. The maximum Gasteiger partial charge on any atom is 0.416 e. The Labute approximate surface area is 185 Å². The zero-order valence-corrected chi connectivity index (χ0v) is 17.6. The first-order valence-electron chi connectivity index (χ1n) is 8.87. The normalized spacial score (nSPS) is 11.3. The van der Waals surface area contributed by atoms with Crippen molar-refractivity contribution in [3.05, 3.63) is 83.0 Å². The highest BCUT2D eigenvalue weighted by Gasteiger charge is 2.30. The van der Waals surface area contributed by atoms with E-state index in [4.69, 9.17) is 21.3 Å². The number of hydrogen-bond donors (Lipinski definition) is 1. The van der Waals surface area contributed by atoms with Crippen LogP contribution in [-0.2, 0) is 12.7 Å². The Balaban J connectivity index is 1.93. The molecule has 0 saturated heterocycles. The molecule has 1 N–H and O–H groups in total. The van der Waals surface area contributed by atoms with Crippen LogP contribution in [0.3, 0.4) is 0 Å². The van der Waals surface area contributed by atoms with Crippen LogP contribution in [0.4, 0.5) is 19.0 Å². The Kier molecular flexibility index (Phi) is 6.97. The Morgan fingerprint density at radius 2 is 1.81 bits per heavy atom. The number of aromatic nitrogens is 1. The van der Waals surface area contributed by atoms with Gasteiger partial charge in [-0.1, -0.05) is 12.1 Å². The SMILES string of the molecule is Cc1cnc(N(Cc2ccc(C(F)(F)F)cc2)Sc2ccc(C(=O)O)cc2)c(OCl)c1. The summed E-state index contributed by atoms with van der Waals surface area (Å²) in [4.78, 5) is 16.1. The molecule has 2 aromatic carbocycles. The molecule has 0 saturated carbocycles. The number of pyridine rings is 1. The average Bonchev–Trinajstić information content (AvgIpc) is 2.73. The van der Waals surface area contributed by atoms with Gasteiger partial charge in [-0.05, 0) is 72.5 Å². The van der Waals surface area contributed by atoms with E-state index >= 15 is 0 Å². The zero-order valence-electron chi connectivity index (χ0n) is 16.1. The molecular weight excluding hydrogens is 453 g/mol. The summed E-state index contributed by atoms with van der Waals surface area (Å²) < 4.78 is 45.2. The highest BCUT2D eigenvalue weighted by atomic mass is 35.5. The van der Waals surface area contributed by atoms with Gasteiger partial charge in [-0.2, -0.15) is 13.2 Å². The summed E-state index contributed by atoms with van der Waals surface area (Å²) in [5.41, 5.74) is 0.810. The van der Waals surface area contributed by atoms with Crippen molar-refractivity contribution in [3.63, 3.8) is 0 Å². The molecule has 0 aliphatic carbocycles. The van der Waals surface area contributed by atoms with Gasteiger partial charge in [-0.25, -0.2) is 9.78 Å². The first-order chi connectivity index (χ1) is 14.7. The lowest BCUT2D eigenvalue weighted by atomic mass is 10.1. The number of carboxylic acids is 1. The van der Waals surface area contributed by atoms with Crippen molar-refractivity contribution in [2.45, 2.75) is 24.5 Å². The van der Waals surface area contributed by atoms with Gasteiger partial charge in [-0.3, -0.25) is 4.31 Å². The number of aromatic carboxylic acids is 1. The Morgan fingerprint density at radius 3 is 2.35 bits per heavy atom. The molecule has 0 atom stereocenters. The average molecular weight is 469 g/mol. The van der Waals surface area contributed by atoms with E-state index in [1.54, 1.807) is 28.7 Å². The molecule has 31 heavy (non-hydrogen) atoms. The van der Waals surface area contributed by atoms with E-state index in [0.717, 1.165) is 17.7 Å². The molecule has 0 fully saturated rings. The van der Waals surface area contributed by atoms with Crippen LogP contribution in [0.1, 0.15) is 27.0 Å². The number of benzene rings is 2. The van der Waals surface area contributed by atoms with E-state index < -0.39 is 17.7 Å². The van der Waals surface area contributed by atoms with E-state index in [0.29, 0.717) is 16.3 Å². The van der Waals surface area contributed by atoms with Gasteiger partial charge in [0, 0.05) is 11.1 Å². The highest BCUT2D eigenvalue weighted by molar-refractivity contribution is 8.00. The van der Waals surface area contributed by atoms with Gasteiger partial charge >= 0.3 is 12.1 Å². The minimum absolute atomic E-state index is 0.136. The number of alkyl halides is 3. The van der Waals surface area contributed by atoms with Crippen LogP contribution < -0.4 is 8.59 Å². The summed E-state index contributed by atoms with van der Waals surface area (Å²) in [5, 5.41) is 9.07. The molecule has 0 unspecified atom stereocenters. The number of aryl methyl sites for hydroxylation is 1. The van der Waals surface area contributed by atoms with Crippen molar-refractivity contribution in [1.29, 1.82) is 0 Å². The van der Waals surface area contributed by atoms with Gasteiger partial charge in [0.25, 0.3) is 0 Å². The van der Waals surface area contributed by atoms with E-state index in [1.165, 1.54) is 36.2 Å². The van der Waals surface area contributed by atoms with Crippen LogP contribution in [0.2, 0.25) is 0 Å². The molecule has 1 aromatic heterocycles. The Hall–Kier alpha value is -2.91. The van der Waals surface area contributed by atoms with Gasteiger partial charge in [0.1, 0.15) is 11.9 Å². The molecule has 3 rings (SSSR count). The molecule has 0 bridgehead atoms. The second-order valence-corrected chi connectivity index (χ2v) is 7.81. The lowest BCUT2D eigenvalue weighted by Crippen LogP contribution is -2.16. The standard InChI is InChI=1S/C21H16ClF3N2O3S/c1-13-10-18(30-22)19(26-11-13)27(31-17-8-4-15(5-9-17)20(28)29)12-14-2-6-16(7-3-14)21(23,24)25/h2-11H,12H2,1H3,(H,28,29). The molecule has 3 aromatic rings. The van der Waals surface area contributed by atoms with E-state index in [9.17, 15) is 18.0 Å². The van der Waals surface area contributed by atoms with E-state index in [-0.39, 0.29) is 17.9 Å². The fraction of sp³-hybridized carbons (Fsp3) is 0.143. The van der Waals surface area contributed by atoms with Gasteiger partial charge in [0.2, 0.25) is 0 Å². The quantitative estimate of drug-likeness (QED) is 0.407. The minimum Gasteiger partial charge on any atom is -0.478 e. The summed E-state index contributed by atoms with van der Waals surface area (Å²) in [6.45, 7) is 2.00. The Bertz CT molecular complexity index is 1060. The molecule has 1 heterocycles. The van der Waals surface area contributed by atoms with Crippen molar-refractivity contribution >= 4 is 35.6 Å². The van der Waals surface area contributed by atoms with Crippen molar-refractivity contribution < 1.29 is 27.4 Å². The highest BCUT2D eigenvalue weighted by Crippen LogP contribution is 2.37. The van der Waals surface area contributed by atoms with Crippen molar-refractivity contribution in [3.8, 4) is 5.75 Å². The number of carbonyl (C=O) groups is 1. The first kappa shape index (κ1) is 22.8. The number of rotatable bonds is 7. The van der Waals surface area contributed by atoms with Gasteiger partial charge in [0.05, 0.1) is 17.7 Å². The number of hydrogen-bond acceptors (Lipinski definition) is 5. The van der Waals surface area contributed by atoms with Crippen LogP contribution in [0.25, 0.3) is 0 Å². The van der Waals surface area contributed by atoms with Crippen molar-refractivity contribution in [2.24, 2.45) is 0 Å². The second kappa shape index (κ2) is 9.49. The van der Waals surface area contributed by atoms with Crippen LogP contribution in [0.15, 0.2) is 65.7 Å². The van der Waals surface area contributed by atoms with Crippen LogP contribution in [0, 0.1) is 6.92 Å². The predicted molar refractivity (Wildman–Crippen MR) is 112 cm³/mol. The maximum absolute atomic E-state index is 12.9. The number of carboxylic acid groups (broad SMARTS) is 1. The van der Waals surface area contributed by atoms with Gasteiger partial charge in [0.15, 0.2) is 11.6 Å². The zero-order chi connectivity index (χ0) is 22.6. The molecule has 0 aliphatic heterocycles. The van der Waals surface area contributed by atoms with Crippen molar-refractivity contribution in [1.82, 2.24) is 4.98 Å². The largest absolute Gasteiger partial charge is 0.478 e. The van der Waals surface area contributed by atoms with Gasteiger partial charge in [-0.15, -0.1) is 0 Å². The third-order valence-electron chi connectivity index (χ3n) is 4.21. The van der Waals surface area contributed by atoms with E-state index in [1.807, 2.05) is 6.92 Å². The second-order valence-electron chi connectivity index (χ2n) is 6.56. The lowest BCUT2D eigenvalue weighted by Gasteiger charge is -2.24. The van der Waals surface area contributed by atoms with Crippen LogP contribution in [0.5, 0.6) is 5.75 Å². The minimum atomic E-state index is -4.42. The first-order valence-corrected chi connectivity index (χ1v) is 9.96. The molecule has 0 aliphatic rings. The maximum atomic E-state index is 12.9. The summed E-state index contributed by atoms with van der Waals surface area (Å²) in [7, 11) is 0. The smallest absolute Gasteiger partial charge is 0.416 e. The van der Waals surface area contributed by atoms with E-state index in [2.05, 4.69) is 4.98 Å².